The zero-order valence-corrected chi connectivity index (χ0v) is 13.3. The predicted octanol–water partition coefficient (Wildman–Crippen LogP) is 3.94. The topological polar surface area (TPSA) is 44.4 Å². The monoisotopic (exact) mass is 369 g/mol. The molecule has 1 fully saturated rings. The van der Waals surface area contributed by atoms with Gasteiger partial charge in [-0.05, 0) is 44.6 Å². The summed E-state index contributed by atoms with van der Waals surface area (Å²) in [5, 5.41) is 4.62. The lowest BCUT2D eigenvalue weighted by molar-refractivity contribution is -0.143. The molecule has 0 radical (unpaired) electrons. The molecule has 2 rings (SSSR count). The van der Waals surface area contributed by atoms with Gasteiger partial charge >= 0.3 is 18.4 Å². The molecule has 10 heteroatoms. The molecule has 0 bridgehead atoms. The summed E-state index contributed by atoms with van der Waals surface area (Å²) in [7, 11) is 1.86. The number of hydrogen-bond acceptors (Lipinski definition) is 2. The first kappa shape index (κ1) is 19.4. The zero-order valence-electron chi connectivity index (χ0n) is 13.3. The van der Waals surface area contributed by atoms with Crippen molar-refractivity contribution in [1.29, 1.82) is 0 Å². The first-order valence-corrected chi connectivity index (χ1v) is 7.50. The number of benzene rings is 1. The predicted molar refractivity (Wildman–Crippen MR) is 79.1 cm³/mol. The summed E-state index contributed by atoms with van der Waals surface area (Å²) in [6.45, 7) is 1.42. The molecule has 25 heavy (non-hydrogen) atoms. The van der Waals surface area contributed by atoms with E-state index >= 15 is 0 Å². The second-order valence-corrected chi connectivity index (χ2v) is 5.99. The van der Waals surface area contributed by atoms with Crippen molar-refractivity contribution in [2.45, 2.75) is 31.2 Å². The van der Waals surface area contributed by atoms with E-state index < -0.39 is 35.2 Å². The average Bonchev–Trinajstić information content (AvgIpc) is 2.44. The van der Waals surface area contributed by atoms with E-state index in [-0.39, 0.29) is 12.1 Å². The minimum absolute atomic E-state index is 0.0131. The lowest BCUT2D eigenvalue weighted by atomic mass is 10.1. The number of amides is 2. The Hall–Kier alpha value is -1.97. The third-order valence-electron chi connectivity index (χ3n) is 3.81. The van der Waals surface area contributed by atoms with Crippen molar-refractivity contribution in [2.75, 3.05) is 25.5 Å². The molecule has 1 atom stereocenters. The Morgan fingerprint density at radius 3 is 2.12 bits per heavy atom. The van der Waals surface area contributed by atoms with E-state index in [1.54, 1.807) is 0 Å². The van der Waals surface area contributed by atoms with Crippen molar-refractivity contribution in [3.63, 3.8) is 0 Å². The van der Waals surface area contributed by atoms with E-state index in [4.69, 9.17) is 0 Å². The van der Waals surface area contributed by atoms with Crippen molar-refractivity contribution >= 4 is 11.7 Å². The van der Waals surface area contributed by atoms with Crippen LogP contribution in [-0.4, -0.2) is 37.1 Å². The molecule has 2 amide bonds. The number of anilines is 1. The maximum absolute atomic E-state index is 12.8. The first-order chi connectivity index (χ1) is 11.4. The highest BCUT2D eigenvalue weighted by Gasteiger charge is 2.37. The fraction of sp³-hybridized carbons (Fsp3) is 0.533. The van der Waals surface area contributed by atoms with Crippen molar-refractivity contribution in [3.05, 3.63) is 29.3 Å². The summed E-state index contributed by atoms with van der Waals surface area (Å²) in [6, 6.07) is -0.0950. The number of piperidine rings is 1. The van der Waals surface area contributed by atoms with Crippen LogP contribution in [-0.2, 0) is 12.4 Å². The summed E-state index contributed by atoms with van der Waals surface area (Å²) < 4.78 is 76.7. The Morgan fingerprint density at radius 2 is 1.64 bits per heavy atom. The number of rotatable bonds is 2. The summed E-state index contributed by atoms with van der Waals surface area (Å²) in [5.74, 6) is 0. The molecule has 4 nitrogen and oxygen atoms in total. The molecular weight excluding hydrogens is 352 g/mol. The number of carbonyl (C=O) groups excluding carboxylic acids is 1. The quantitative estimate of drug-likeness (QED) is 0.776. The van der Waals surface area contributed by atoms with Gasteiger partial charge in [0.15, 0.2) is 0 Å². The van der Waals surface area contributed by atoms with Crippen LogP contribution >= 0.6 is 0 Å². The summed E-state index contributed by atoms with van der Waals surface area (Å²) >= 11 is 0. The third kappa shape index (κ3) is 5.52. The van der Waals surface area contributed by atoms with Gasteiger partial charge in [-0.1, -0.05) is 0 Å². The number of carbonyl (C=O) groups is 1. The van der Waals surface area contributed by atoms with E-state index in [0.717, 1.165) is 13.0 Å². The van der Waals surface area contributed by atoms with Crippen LogP contribution < -0.4 is 10.6 Å². The van der Waals surface area contributed by atoms with E-state index in [9.17, 15) is 31.1 Å². The molecule has 0 spiro atoms. The standard InChI is InChI=1S/C15H17F6N3O/c1-24-4-2-3-11(8-24)22-13(25)23-12-6-9(14(16,17)18)5-10(7-12)15(19,20)21/h5-7,11H,2-4,8H2,1H3,(H2,22,23,25)/t11-/m1/s1. The van der Waals surface area contributed by atoms with Gasteiger partial charge in [-0.15, -0.1) is 0 Å². The van der Waals surface area contributed by atoms with Gasteiger partial charge in [-0.3, -0.25) is 0 Å². The van der Waals surface area contributed by atoms with Crippen LogP contribution in [0.4, 0.5) is 36.8 Å². The molecule has 1 saturated heterocycles. The third-order valence-corrected chi connectivity index (χ3v) is 3.81. The Balaban J connectivity index is 2.16. The number of urea groups is 1. The van der Waals surface area contributed by atoms with Gasteiger partial charge in [0.1, 0.15) is 0 Å². The molecule has 1 aromatic carbocycles. The minimum Gasteiger partial charge on any atom is -0.334 e. The van der Waals surface area contributed by atoms with Gasteiger partial charge in [-0.25, -0.2) is 4.79 Å². The molecule has 140 valence electrons. The minimum atomic E-state index is -4.96. The van der Waals surface area contributed by atoms with Crippen molar-refractivity contribution < 1.29 is 31.1 Å². The molecule has 0 aromatic heterocycles. The summed E-state index contributed by atoms with van der Waals surface area (Å²) in [6.07, 6.45) is -8.39. The number of nitrogens with one attached hydrogen (secondary N) is 2. The van der Waals surface area contributed by atoms with Gasteiger partial charge in [0.05, 0.1) is 11.1 Å². The number of nitrogens with zero attached hydrogens (tertiary/aromatic N) is 1. The molecular formula is C15H17F6N3O. The lowest BCUT2D eigenvalue weighted by Gasteiger charge is -2.30. The highest BCUT2D eigenvalue weighted by molar-refractivity contribution is 5.89. The number of halogens is 6. The van der Waals surface area contributed by atoms with Crippen molar-refractivity contribution in [3.8, 4) is 0 Å². The van der Waals surface area contributed by atoms with Gasteiger partial charge in [-0.2, -0.15) is 26.3 Å². The second kappa shape index (κ2) is 7.11. The number of alkyl halides is 6. The van der Waals surface area contributed by atoms with Crippen LogP contribution in [0.2, 0.25) is 0 Å². The van der Waals surface area contributed by atoms with Crippen LogP contribution in [0.25, 0.3) is 0 Å². The van der Waals surface area contributed by atoms with Gasteiger partial charge in [0, 0.05) is 18.3 Å². The molecule has 1 aliphatic rings. The zero-order chi connectivity index (χ0) is 18.8. The molecule has 1 aliphatic heterocycles. The molecule has 1 aromatic rings. The fourth-order valence-corrected chi connectivity index (χ4v) is 2.66. The number of likely N-dealkylation sites (N-methyl/N-ethyl adjacent to an activating group) is 1. The van der Waals surface area contributed by atoms with Crippen molar-refractivity contribution in [1.82, 2.24) is 10.2 Å². The Kier molecular flexibility index (Phi) is 5.50. The Morgan fingerprint density at radius 1 is 1.08 bits per heavy atom. The largest absolute Gasteiger partial charge is 0.416 e. The molecule has 2 N–H and O–H groups in total. The maximum Gasteiger partial charge on any atom is 0.416 e. The summed E-state index contributed by atoms with van der Waals surface area (Å²) in [4.78, 5) is 13.9. The SMILES string of the molecule is CN1CCC[C@@H](NC(=O)Nc2cc(C(F)(F)F)cc(C(F)(F)F)c2)C1. The normalized spacial score (nSPS) is 19.6. The van der Waals surface area contributed by atoms with Gasteiger partial charge in [0.25, 0.3) is 0 Å². The van der Waals surface area contributed by atoms with Gasteiger partial charge in [0.2, 0.25) is 0 Å². The van der Waals surface area contributed by atoms with Crippen LogP contribution in [0.15, 0.2) is 18.2 Å². The Labute approximate surface area is 140 Å². The molecule has 0 unspecified atom stereocenters. The molecule has 0 saturated carbocycles. The van der Waals surface area contributed by atoms with Gasteiger partial charge < -0.3 is 15.5 Å². The van der Waals surface area contributed by atoms with Crippen LogP contribution in [0, 0.1) is 0 Å². The van der Waals surface area contributed by atoms with E-state index in [1.165, 1.54) is 0 Å². The Bertz CT molecular complexity index is 596. The summed E-state index contributed by atoms with van der Waals surface area (Å²) in [5.41, 5.74) is -3.52. The van der Waals surface area contributed by atoms with Crippen LogP contribution in [0.1, 0.15) is 24.0 Å². The van der Waals surface area contributed by atoms with Crippen molar-refractivity contribution in [2.24, 2.45) is 0 Å². The maximum atomic E-state index is 12.8. The molecule has 0 aliphatic carbocycles. The highest BCUT2D eigenvalue weighted by atomic mass is 19.4. The highest BCUT2D eigenvalue weighted by Crippen LogP contribution is 2.37. The van der Waals surface area contributed by atoms with E-state index in [0.29, 0.717) is 25.1 Å². The fourth-order valence-electron chi connectivity index (χ4n) is 2.66. The van der Waals surface area contributed by atoms with Crippen LogP contribution in [0.3, 0.4) is 0 Å². The average molecular weight is 369 g/mol. The lowest BCUT2D eigenvalue weighted by Crippen LogP contribution is -2.47. The number of hydrogen-bond donors (Lipinski definition) is 2. The first-order valence-electron chi connectivity index (χ1n) is 7.50. The smallest absolute Gasteiger partial charge is 0.334 e. The second-order valence-electron chi connectivity index (χ2n) is 5.99. The van der Waals surface area contributed by atoms with Crippen LogP contribution in [0.5, 0.6) is 0 Å². The van der Waals surface area contributed by atoms with E-state index in [2.05, 4.69) is 10.6 Å². The van der Waals surface area contributed by atoms with E-state index in [1.807, 2.05) is 11.9 Å². The molecule has 1 heterocycles. The number of likely N-dealkylation sites (tertiary alicyclic amines) is 1.